The van der Waals surface area contributed by atoms with E-state index >= 15 is 0 Å². The highest BCUT2D eigenvalue weighted by Gasteiger charge is 2.38. The van der Waals surface area contributed by atoms with E-state index in [2.05, 4.69) is 64.2 Å². The molecule has 3 aromatic rings. The first kappa shape index (κ1) is 22.3. The monoisotopic (exact) mass is 406 g/mol. The molecule has 2 aromatic carbocycles. The van der Waals surface area contributed by atoms with Gasteiger partial charge in [0, 0.05) is 10.9 Å². The molecule has 0 saturated heterocycles. The van der Waals surface area contributed by atoms with E-state index in [-0.39, 0.29) is 12.0 Å². The molecule has 0 aliphatic carbocycles. The van der Waals surface area contributed by atoms with Crippen LogP contribution in [0.15, 0.2) is 54.6 Å². The van der Waals surface area contributed by atoms with Crippen LogP contribution in [0.5, 0.6) is 5.75 Å². The zero-order valence-electron chi connectivity index (χ0n) is 19.0. The van der Waals surface area contributed by atoms with Crippen molar-refractivity contribution in [3.8, 4) is 5.75 Å². The molecule has 2 N–H and O–H groups in total. The summed E-state index contributed by atoms with van der Waals surface area (Å²) in [5, 5.41) is 15.5. The number of ether oxygens (including phenoxy) is 1. The highest BCUT2D eigenvalue weighted by atomic mass is 16.5. The van der Waals surface area contributed by atoms with Crippen LogP contribution in [0, 0.1) is 5.92 Å². The Kier molecular flexibility index (Phi) is 6.49. The fourth-order valence-corrected chi connectivity index (χ4v) is 3.74. The van der Waals surface area contributed by atoms with Gasteiger partial charge in [-0.15, -0.1) is 0 Å². The molecule has 4 nitrogen and oxygen atoms in total. The summed E-state index contributed by atoms with van der Waals surface area (Å²) in [6.45, 7) is 11.5. The molecule has 0 fully saturated rings. The lowest BCUT2D eigenvalue weighted by molar-refractivity contribution is 0.180. The number of nitrogens with one attached hydrogen (secondary N) is 1. The molecule has 0 bridgehead atoms. The van der Waals surface area contributed by atoms with Crippen LogP contribution in [0.2, 0.25) is 0 Å². The van der Waals surface area contributed by atoms with Gasteiger partial charge in [-0.05, 0) is 47.7 Å². The predicted molar refractivity (Wildman–Crippen MR) is 124 cm³/mol. The van der Waals surface area contributed by atoms with Crippen LogP contribution in [-0.2, 0) is 11.0 Å². The quantitative estimate of drug-likeness (QED) is 0.578. The van der Waals surface area contributed by atoms with Crippen molar-refractivity contribution in [1.82, 2.24) is 10.3 Å². The topological polar surface area (TPSA) is 54.4 Å². The zero-order chi connectivity index (χ0) is 21.9. The largest absolute Gasteiger partial charge is 0.496 e. The Morgan fingerprint density at radius 3 is 2.40 bits per heavy atom. The molecule has 0 aliphatic heterocycles. The molecular weight excluding hydrogens is 372 g/mol. The molecule has 1 heterocycles. The number of methoxy groups -OCH3 is 1. The predicted octanol–water partition coefficient (Wildman–Crippen LogP) is 5.02. The van der Waals surface area contributed by atoms with Crippen LogP contribution >= 0.6 is 0 Å². The number of benzene rings is 2. The maximum absolute atomic E-state index is 10.8. The van der Waals surface area contributed by atoms with Gasteiger partial charge in [-0.2, -0.15) is 0 Å². The SMILES string of the molecule is COc1ccc(C(C)(C)C)cc1C(CO)(NCC(C)C)c1ccc2ccccc2n1. The van der Waals surface area contributed by atoms with Gasteiger partial charge >= 0.3 is 0 Å². The van der Waals surface area contributed by atoms with E-state index in [1.807, 2.05) is 30.3 Å². The summed E-state index contributed by atoms with van der Waals surface area (Å²) in [5.74, 6) is 1.15. The number of hydrogen-bond donors (Lipinski definition) is 2. The lowest BCUT2D eigenvalue weighted by Crippen LogP contribution is -2.49. The summed E-state index contributed by atoms with van der Waals surface area (Å²) in [6.07, 6.45) is 0. The molecule has 1 atom stereocenters. The summed E-state index contributed by atoms with van der Waals surface area (Å²) >= 11 is 0. The third kappa shape index (κ3) is 4.35. The number of aliphatic hydroxyl groups is 1. The summed E-state index contributed by atoms with van der Waals surface area (Å²) < 4.78 is 5.76. The standard InChI is InChI=1S/C26H34N2O2/c1-18(2)16-27-26(17-29,24-14-11-19-9-7-8-10-22(19)28-24)21-15-20(25(3,4)5)12-13-23(21)30-6/h7-15,18,27,29H,16-17H2,1-6H3. The zero-order valence-corrected chi connectivity index (χ0v) is 19.0. The highest BCUT2D eigenvalue weighted by molar-refractivity contribution is 5.78. The lowest BCUT2D eigenvalue weighted by atomic mass is 9.80. The van der Waals surface area contributed by atoms with Crippen LogP contribution in [0.25, 0.3) is 10.9 Å². The van der Waals surface area contributed by atoms with Gasteiger partial charge in [0.15, 0.2) is 0 Å². The number of hydrogen-bond acceptors (Lipinski definition) is 4. The molecule has 0 amide bonds. The number of nitrogens with zero attached hydrogens (tertiary/aromatic N) is 1. The number of aliphatic hydroxyl groups excluding tert-OH is 1. The van der Waals surface area contributed by atoms with Crippen LogP contribution in [0.1, 0.15) is 51.4 Å². The highest BCUT2D eigenvalue weighted by Crippen LogP contribution is 2.38. The molecule has 0 radical (unpaired) electrons. The number of fused-ring (bicyclic) bond motifs is 1. The molecule has 160 valence electrons. The lowest BCUT2D eigenvalue weighted by Gasteiger charge is -2.36. The minimum absolute atomic E-state index is 0.0307. The average Bonchev–Trinajstić information content (AvgIpc) is 2.73. The van der Waals surface area contributed by atoms with Crippen molar-refractivity contribution in [3.05, 3.63) is 71.4 Å². The van der Waals surface area contributed by atoms with Crippen molar-refractivity contribution in [2.45, 2.75) is 45.6 Å². The summed E-state index contributed by atoms with van der Waals surface area (Å²) in [5.41, 5.74) is 2.88. The van der Waals surface area contributed by atoms with Crippen molar-refractivity contribution in [1.29, 1.82) is 0 Å². The Morgan fingerprint density at radius 1 is 1.03 bits per heavy atom. The molecule has 4 heteroatoms. The molecule has 1 unspecified atom stereocenters. The maximum Gasteiger partial charge on any atom is 0.124 e. The normalized spacial score (nSPS) is 14.1. The summed E-state index contributed by atoms with van der Waals surface area (Å²) in [4.78, 5) is 4.96. The van der Waals surface area contributed by atoms with Gasteiger partial charge in [-0.25, -0.2) is 0 Å². The van der Waals surface area contributed by atoms with Crippen LogP contribution in [0.4, 0.5) is 0 Å². The third-order valence-corrected chi connectivity index (χ3v) is 5.61. The Hall–Kier alpha value is -2.43. The number of aromatic nitrogens is 1. The minimum Gasteiger partial charge on any atom is -0.496 e. The molecule has 3 rings (SSSR count). The minimum atomic E-state index is -0.874. The summed E-state index contributed by atoms with van der Waals surface area (Å²) in [6, 6.07) is 18.4. The van der Waals surface area contributed by atoms with Gasteiger partial charge in [0.2, 0.25) is 0 Å². The smallest absolute Gasteiger partial charge is 0.124 e. The second kappa shape index (κ2) is 8.75. The Balaban J connectivity index is 2.28. The average molecular weight is 407 g/mol. The molecule has 0 spiro atoms. The fraction of sp³-hybridized carbons (Fsp3) is 0.423. The molecule has 0 aliphatic rings. The second-order valence-electron chi connectivity index (χ2n) is 9.39. The van der Waals surface area contributed by atoms with E-state index in [0.717, 1.165) is 34.5 Å². The number of rotatable bonds is 7. The van der Waals surface area contributed by atoms with E-state index in [1.165, 1.54) is 5.56 Å². The Labute approximate surface area is 180 Å². The van der Waals surface area contributed by atoms with Crippen molar-refractivity contribution >= 4 is 10.9 Å². The van der Waals surface area contributed by atoms with Gasteiger partial charge in [0.1, 0.15) is 11.3 Å². The van der Waals surface area contributed by atoms with Crippen molar-refractivity contribution < 1.29 is 9.84 Å². The van der Waals surface area contributed by atoms with E-state index in [4.69, 9.17) is 9.72 Å². The maximum atomic E-state index is 10.8. The third-order valence-electron chi connectivity index (χ3n) is 5.61. The first-order chi connectivity index (χ1) is 14.2. The van der Waals surface area contributed by atoms with E-state index in [9.17, 15) is 5.11 Å². The van der Waals surface area contributed by atoms with E-state index in [0.29, 0.717) is 5.92 Å². The van der Waals surface area contributed by atoms with Crippen molar-refractivity contribution in [2.24, 2.45) is 5.92 Å². The first-order valence-corrected chi connectivity index (χ1v) is 10.6. The van der Waals surface area contributed by atoms with Crippen molar-refractivity contribution in [2.75, 3.05) is 20.3 Å². The van der Waals surface area contributed by atoms with Gasteiger partial charge in [-0.1, -0.05) is 65.0 Å². The van der Waals surface area contributed by atoms with Crippen molar-refractivity contribution in [3.63, 3.8) is 0 Å². The first-order valence-electron chi connectivity index (χ1n) is 10.6. The molecule has 30 heavy (non-hydrogen) atoms. The van der Waals surface area contributed by atoms with Gasteiger partial charge in [0.25, 0.3) is 0 Å². The molecule has 1 aromatic heterocycles. The van der Waals surface area contributed by atoms with Crippen LogP contribution in [0.3, 0.4) is 0 Å². The Bertz CT molecular complexity index is 1010. The molecular formula is C26H34N2O2. The van der Waals surface area contributed by atoms with Crippen LogP contribution < -0.4 is 10.1 Å². The number of para-hydroxylation sites is 1. The van der Waals surface area contributed by atoms with Crippen LogP contribution in [-0.4, -0.2) is 30.4 Å². The van der Waals surface area contributed by atoms with Gasteiger partial charge in [-0.3, -0.25) is 4.98 Å². The van der Waals surface area contributed by atoms with E-state index in [1.54, 1.807) is 7.11 Å². The summed E-state index contributed by atoms with van der Waals surface area (Å²) in [7, 11) is 1.67. The van der Waals surface area contributed by atoms with Gasteiger partial charge in [0.05, 0.1) is 24.9 Å². The second-order valence-corrected chi connectivity index (χ2v) is 9.39. The van der Waals surface area contributed by atoms with Gasteiger partial charge < -0.3 is 15.2 Å². The van der Waals surface area contributed by atoms with E-state index < -0.39 is 5.54 Å². The Morgan fingerprint density at radius 2 is 1.77 bits per heavy atom. The number of pyridine rings is 1. The fourth-order valence-electron chi connectivity index (χ4n) is 3.74. The molecule has 0 saturated carbocycles.